The Labute approximate surface area is 552 Å². The van der Waals surface area contributed by atoms with Gasteiger partial charge in [0.15, 0.2) is 6.29 Å². The van der Waals surface area contributed by atoms with Crippen LogP contribution < -0.4 is 16.0 Å². The number of halogens is 6. The smallest absolute Gasteiger partial charge is 0.322 e. The van der Waals surface area contributed by atoms with Crippen molar-refractivity contribution in [2.75, 3.05) is 138 Å². The maximum Gasteiger partial charge on any atom is 0.322 e. The van der Waals surface area contributed by atoms with E-state index in [-0.39, 0.29) is 105 Å². The van der Waals surface area contributed by atoms with Crippen LogP contribution in [0.5, 0.6) is 0 Å². The summed E-state index contributed by atoms with van der Waals surface area (Å²) in [5.41, 5.74) is -5.90. The largest absolute Gasteiger partial charge is 0.464 e. The number of ether oxygens (including phenoxy) is 11. The molecule has 2 amide bonds. The van der Waals surface area contributed by atoms with E-state index in [0.29, 0.717) is 0 Å². The Hall–Kier alpha value is -1.23. The Morgan fingerprint density at radius 1 is 0.400 bits per heavy atom. The van der Waals surface area contributed by atoms with Gasteiger partial charge >= 0.3 is 29.8 Å². The molecular formula is C55H95Br6N3O21. The maximum atomic E-state index is 14.8. The molecule has 0 radical (unpaired) electrons. The molecule has 30 heteroatoms. The van der Waals surface area contributed by atoms with E-state index in [1.807, 2.05) is 0 Å². The highest BCUT2D eigenvalue weighted by atomic mass is 79.9. The van der Waals surface area contributed by atoms with Crippen LogP contribution in [0.4, 0.5) is 0 Å². The lowest BCUT2D eigenvalue weighted by molar-refractivity contribution is -0.161. The van der Waals surface area contributed by atoms with E-state index in [0.717, 1.165) is 0 Å². The Morgan fingerprint density at radius 2 is 0.706 bits per heavy atom. The predicted molar refractivity (Wildman–Crippen MR) is 338 cm³/mol. The molecule has 0 aliphatic rings. The van der Waals surface area contributed by atoms with E-state index in [1.54, 1.807) is 90.0 Å². The summed E-state index contributed by atoms with van der Waals surface area (Å²) in [4.78, 5) is 95.2. The fraction of sp³-hybridized carbons (Fsp3) is 0.873. The third-order valence-corrected chi connectivity index (χ3v) is 14.1. The zero-order chi connectivity index (χ0) is 65.9. The summed E-state index contributed by atoms with van der Waals surface area (Å²) in [5.74, 6) is -4.91. The molecule has 0 spiro atoms. The van der Waals surface area contributed by atoms with E-state index in [4.69, 9.17) is 57.2 Å². The third-order valence-electron chi connectivity index (χ3n) is 12.1. The first-order valence-electron chi connectivity index (χ1n) is 27.4. The van der Waals surface area contributed by atoms with Crippen molar-refractivity contribution in [3.8, 4) is 0 Å². The number of hydrogen-bond acceptors (Lipinski definition) is 22. The molecular weight excluding hydrogens is 1520 g/mol. The molecule has 0 saturated heterocycles. The first kappa shape index (κ1) is 83.8. The molecule has 0 fully saturated rings. The monoisotopic (exact) mass is 1610 g/mol. The average Bonchev–Trinajstić information content (AvgIpc) is 2.80. The topological polar surface area (TPSA) is 318 Å². The molecule has 0 saturated carbocycles. The molecule has 0 aromatic carbocycles. The van der Waals surface area contributed by atoms with Crippen LogP contribution in [0.1, 0.15) is 104 Å². The molecule has 0 aliphatic heterocycles. The van der Waals surface area contributed by atoms with E-state index in [1.165, 1.54) is 13.8 Å². The Kier molecular flexibility index (Phi) is 37.4. The van der Waals surface area contributed by atoms with E-state index < -0.39 is 135 Å². The quantitative estimate of drug-likeness (QED) is 0.0147. The Balaban J connectivity index is 7.57. The van der Waals surface area contributed by atoms with E-state index in [9.17, 15) is 43.8 Å². The van der Waals surface area contributed by atoms with Gasteiger partial charge in [0.2, 0.25) is 11.8 Å². The van der Waals surface area contributed by atoms with Gasteiger partial charge in [-0.2, -0.15) is 0 Å². The number of carbonyl (C=O) groups excluding carboxylic acids is 7. The van der Waals surface area contributed by atoms with Crippen molar-refractivity contribution >= 4 is 137 Å². The third kappa shape index (κ3) is 35.2. The van der Waals surface area contributed by atoms with Gasteiger partial charge in [-0.05, 0) is 96.9 Å². The summed E-state index contributed by atoms with van der Waals surface area (Å²) in [6.45, 7) is 21.2. The van der Waals surface area contributed by atoms with Crippen molar-refractivity contribution in [1.29, 1.82) is 0 Å². The van der Waals surface area contributed by atoms with Gasteiger partial charge < -0.3 is 83.4 Å². The van der Waals surface area contributed by atoms with Crippen LogP contribution in [0.2, 0.25) is 0 Å². The highest BCUT2D eigenvalue weighted by molar-refractivity contribution is 9.11. The highest BCUT2D eigenvalue weighted by Crippen LogP contribution is 2.31. The molecule has 24 nitrogen and oxygen atoms in total. The van der Waals surface area contributed by atoms with Gasteiger partial charge in [0.1, 0.15) is 71.6 Å². The summed E-state index contributed by atoms with van der Waals surface area (Å²) in [6.07, 6.45) is -2.27. The summed E-state index contributed by atoms with van der Waals surface area (Å²) < 4.78 is 56.1. The molecule has 0 aromatic heterocycles. The summed E-state index contributed by atoms with van der Waals surface area (Å²) >= 11 is 19.9. The zero-order valence-corrected chi connectivity index (χ0v) is 61.5. The fourth-order valence-electron chi connectivity index (χ4n) is 6.24. The fourth-order valence-corrected chi connectivity index (χ4v) is 6.94. The molecule has 0 heterocycles. The first-order chi connectivity index (χ1) is 38.7. The number of amides is 2. The van der Waals surface area contributed by atoms with E-state index in [2.05, 4.69) is 112 Å². The number of alkyl halides is 6. The molecule has 6 N–H and O–H groups in total. The summed E-state index contributed by atoms with van der Waals surface area (Å²) in [7, 11) is 0. The molecule has 0 rings (SSSR count). The number of esters is 5. The minimum absolute atomic E-state index is 0.0152. The van der Waals surface area contributed by atoms with Gasteiger partial charge in [0.05, 0.1) is 83.6 Å². The number of aliphatic hydroxyl groups excluding tert-OH is 3. The number of carbonyl (C=O) groups is 7. The van der Waals surface area contributed by atoms with Crippen molar-refractivity contribution in [1.82, 2.24) is 16.0 Å². The number of nitrogens with one attached hydrogen (secondary N) is 3. The maximum absolute atomic E-state index is 14.8. The lowest BCUT2D eigenvalue weighted by atomic mass is 9.84. The Bertz CT molecular complexity index is 1920. The second-order valence-corrected chi connectivity index (χ2v) is 36.6. The first-order valence-corrected chi connectivity index (χ1v) is 32.2. The van der Waals surface area contributed by atoms with Crippen molar-refractivity contribution in [2.45, 2.75) is 142 Å². The Morgan fingerprint density at radius 3 is 1.01 bits per heavy atom. The molecule has 3 unspecified atom stereocenters. The summed E-state index contributed by atoms with van der Waals surface area (Å²) in [5, 5.41) is 38.5. The lowest BCUT2D eigenvalue weighted by Crippen LogP contribution is -2.58. The molecule has 498 valence electrons. The predicted octanol–water partition coefficient (Wildman–Crippen LogP) is 5.34. The van der Waals surface area contributed by atoms with Gasteiger partial charge in [-0.25, -0.2) is 0 Å². The molecule has 0 aliphatic carbocycles. The van der Waals surface area contributed by atoms with E-state index >= 15 is 0 Å². The SMILES string of the molecule is CC(CNCC(CNC(=O)C(C)(COC(=O)C(C)(C)Br)COC(=O)C(C)(C)Br)(CNC(=O)C(C)(COC(=O)C(C)(C)Br)COC(=O)C(C)(C)Br)COCCOCCOCCOCCOCC(O)CO)(COC(=O)C(C)(C)Br)COC(O)C(C)(C)Br. The lowest BCUT2D eigenvalue weighted by Gasteiger charge is -2.39. The van der Waals surface area contributed by atoms with Crippen LogP contribution in [0.25, 0.3) is 0 Å². The minimum Gasteiger partial charge on any atom is -0.464 e. The van der Waals surface area contributed by atoms with Crippen LogP contribution in [0.15, 0.2) is 0 Å². The van der Waals surface area contributed by atoms with Crippen molar-refractivity contribution in [2.24, 2.45) is 21.7 Å². The summed E-state index contributed by atoms with van der Waals surface area (Å²) in [6, 6.07) is 0. The second-order valence-electron chi connectivity index (χ2n) is 24.7. The number of hydrogen-bond donors (Lipinski definition) is 6. The van der Waals surface area contributed by atoms with Crippen LogP contribution in [0, 0.1) is 21.7 Å². The van der Waals surface area contributed by atoms with Crippen molar-refractivity contribution < 1.29 is 101 Å². The minimum atomic E-state index is -1.72. The number of rotatable bonds is 46. The average molecular weight is 1610 g/mol. The standard InChI is InChI=1S/C55H95Br6N3O21/c1-46(2,56)40(69)80-30-52(13,31-81-41(70)47(3,4)57)26-62-27-55(36-79-23-21-77-19-17-75-16-18-76-20-22-78-25-37(66)24-65,28-63-38(67)53(14,32-82-42(71)48(5,6)58)33-83-43(72)49(7,8)59)29-64-39(68)54(15,34-84-44(73)50(9,10)60)35-85-45(74)51(11,12)61/h37,40,62,65-66,69H,16-36H2,1-15H3,(H,63,67)(H,64,68). The van der Waals surface area contributed by atoms with Crippen LogP contribution in [0.3, 0.4) is 0 Å². The molecule has 85 heavy (non-hydrogen) atoms. The molecule has 0 aromatic rings. The van der Waals surface area contributed by atoms with Gasteiger partial charge in [-0.3, -0.25) is 33.6 Å². The second kappa shape index (κ2) is 37.9. The van der Waals surface area contributed by atoms with Gasteiger partial charge in [0.25, 0.3) is 0 Å². The normalized spacial score (nSPS) is 14.6. The van der Waals surface area contributed by atoms with Crippen LogP contribution in [-0.4, -0.2) is 234 Å². The highest BCUT2D eigenvalue weighted by Gasteiger charge is 2.45. The molecule has 0 bridgehead atoms. The van der Waals surface area contributed by atoms with Crippen molar-refractivity contribution in [3.05, 3.63) is 0 Å². The van der Waals surface area contributed by atoms with Gasteiger partial charge in [-0.15, -0.1) is 0 Å². The van der Waals surface area contributed by atoms with Gasteiger partial charge in [0, 0.05) is 37.0 Å². The van der Waals surface area contributed by atoms with Crippen LogP contribution >= 0.6 is 95.6 Å². The molecule has 3 atom stereocenters. The van der Waals surface area contributed by atoms with Gasteiger partial charge in [-0.1, -0.05) is 103 Å². The number of aliphatic hydroxyl groups is 3. The van der Waals surface area contributed by atoms with Crippen molar-refractivity contribution in [3.63, 3.8) is 0 Å². The zero-order valence-electron chi connectivity index (χ0n) is 52.0. The van der Waals surface area contributed by atoms with Crippen LogP contribution in [-0.2, 0) is 85.7 Å².